The second-order valence-corrected chi connectivity index (χ2v) is 4.52. The summed E-state index contributed by atoms with van der Waals surface area (Å²) in [5.74, 6) is -0.404. The molecular weight excluding hydrogens is 220 g/mol. The van der Waals surface area contributed by atoms with Gasteiger partial charge in [0, 0.05) is 6.54 Å². The van der Waals surface area contributed by atoms with E-state index in [1.54, 1.807) is 16.7 Å². The molecule has 2 N–H and O–H groups in total. The number of aromatic nitrogens is 2. The Kier molecular flexibility index (Phi) is 2.07. The molecule has 1 heterocycles. The van der Waals surface area contributed by atoms with Gasteiger partial charge in [-0.15, -0.1) is 0 Å². The highest BCUT2D eigenvalue weighted by Crippen LogP contribution is 2.31. The monoisotopic (exact) mass is 232 g/mol. The number of carbonyl (C=O) groups is 1. The van der Waals surface area contributed by atoms with Gasteiger partial charge in [0.05, 0.1) is 16.6 Å². The number of nitrogens with zero attached hydrogens (tertiary/aromatic N) is 1. The van der Waals surface area contributed by atoms with Gasteiger partial charge in [-0.05, 0) is 37.0 Å². The Morgan fingerprint density at radius 3 is 2.88 bits per heavy atom. The number of aromatic carboxylic acids is 1. The molecule has 5 nitrogen and oxygen atoms in total. The summed E-state index contributed by atoms with van der Waals surface area (Å²) in [6.45, 7) is 0.682. The van der Waals surface area contributed by atoms with Crippen molar-refractivity contribution in [3.05, 3.63) is 34.2 Å². The molecule has 88 valence electrons. The lowest BCUT2D eigenvalue weighted by atomic mass is 10.2. The number of fused-ring (bicyclic) bond motifs is 1. The molecule has 0 saturated heterocycles. The number of nitrogens with one attached hydrogen (secondary N) is 1. The van der Waals surface area contributed by atoms with E-state index in [0.29, 0.717) is 23.5 Å². The van der Waals surface area contributed by atoms with E-state index >= 15 is 0 Å². The van der Waals surface area contributed by atoms with Crippen molar-refractivity contribution >= 4 is 17.0 Å². The molecule has 0 amide bonds. The van der Waals surface area contributed by atoms with Crippen molar-refractivity contribution in [3.63, 3.8) is 0 Å². The molecular formula is C12H12N2O3. The molecule has 0 bridgehead atoms. The number of hydrogen-bond donors (Lipinski definition) is 2. The molecule has 0 aliphatic heterocycles. The quantitative estimate of drug-likeness (QED) is 0.840. The number of hydrogen-bond acceptors (Lipinski definition) is 2. The smallest absolute Gasteiger partial charge is 0.335 e. The average Bonchev–Trinajstić information content (AvgIpc) is 3.04. The molecule has 1 fully saturated rings. The van der Waals surface area contributed by atoms with Crippen molar-refractivity contribution in [2.45, 2.75) is 19.4 Å². The fourth-order valence-electron chi connectivity index (χ4n) is 2.03. The van der Waals surface area contributed by atoms with Gasteiger partial charge in [0.2, 0.25) is 0 Å². The summed E-state index contributed by atoms with van der Waals surface area (Å²) in [7, 11) is 0. The number of rotatable bonds is 3. The molecule has 0 radical (unpaired) electrons. The van der Waals surface area contributed by atoms with Crippen molar-refractivity contribution < 1.29 is 9.90 Å². The molecule has 0 atom stereocenters. The maximum Gasteiger partial charge on any atom is 0.335 e. The summed E-state index contributed by atoms with van der Waals surface area (Å²) in [5, 5.41) is 8.94. The van der Waals surface area contributed by atoms with E-state index in [2.05, 4.69) is 4.98 Å². The number of carboxylic acids is 1. The predicted molar refractivity (Wildman–Crippen MR) is 62.2 cm³/mol. The first kappa shape index (κ1) is 10.1. The average molecular weight is 232 g/mol. The minimum Gasteiger partial charge on any atom is -0.478 e. The van der Waals surface area contributed by atoms with Gasteiger partial charge in [0.25, 0.3) is 0 Å². The van der Waals surface area contributed by atoms with Crippen LogP contribution in [0.1, 0.15) is 23.2 Å². The SMILES string of the molecule is O=C(O)c1ccc2[nH]c(=O)n(CC3CC3)c2c1. The van der Waals surface area contributed by atoms with Crippen LogP contribution in [0.4, 0.5) is 0 Å². The molecule has 3 rings (SSSR count). The van der Waals surface area contributed by atoms with E-state index in [1.165, 1.54) is 6.07 Å². The second-order valence-electron chi connectivity index (χ2n) is 4.52. The second kappa shape index (κ2) is 3.48. The van der Waals surface area contributed by atoms with E-state index in [4.69, 9.17) is 5.11 Å². The summed E-state index contributed by atoms with van der Waals surface area (Å²) in [4.78, 5) is 25.4. The van der Waals surface area contributed by atoms with Gasteiger partial charge in [-0.25, -0.2) is 9.59 Å². The van der Waals surface area contributed by atoms with Crippen molar-refractivity contribution in [1.29, 1.82) is 0 Å². The highest BCUT2D eigenvalue weighted by atomic mass is 16.4. The van der Waals surface area contributed by atoms with Crippen molar-refractivity contribution in [1.82, 2.24) is 9.55 Å². The number of H-pyrrole nitrogens is 1. The van der Waals surface area contributed by atoms with Crippen LogP contribution in [0.2, 0.25) is 0 Å². The normalized spacial score (nSPS) is 15.3. The maximum atomic E-state index is 11.7. The van der Waals surface area contributed by atoms with Crippen molar-refractivity contribution in [2.75, 3.05) is 0 Å². The Morgan fingerprint density at radius 2 is 2.24 bits per heavy atom. The van der Waals surface area contributed by atoms with Gasteiger partial charge in [0.15, 0.2) is 0 Å². The number of benzene rings is 1. The lowest BCUT2D eigenvalue weighted by Crippen LogP contribution is -2.17. The lowest BCUT2D eigenvalue weighted by molar-refractivity contribution is 0.0697. The molecule has 0 spiro atoms. The van der Waals surface area contributed by atoms with Gasteiger partial charge in [-0.3, -0.25) is 4.57 Å². The first-order valence-corrected chi connectivity index (χ1v) is 5.61. The molecule has 2 aromatic rings. The van der Waals surface area contributed by atoms with E-state index < -0.39 is 5.97 Å². The van der Waals surface area contributed by atoms with Crippen LogP contribution in [-0.4, -0.2) is 20.6 Å². The summed E-state index contributed by atoms with van der Waals surface area (Å²) in [5.41, 5.74) is 1.43. The maximum absolute atomic E-state index is 11.7. The Balaban J connectivity index is 2.17. The Bertz CT molecular complexity index is 649. The zero-order valence-corrected chi connectivity index (χ0v) is 9.14. The van der Waals surface area contributed by atoms with E-state index in [9.17, 15) is 9.59 Å². The highest BCUT2D eigenvalue weighted by Gasteiger charge is 2.23. The third-order valence-corrected chi connectivity index (χ3v) is 3.16. The largest absolute Gasteiger partial charge is 0.478 e. The summed E-state index contributed by atoms with van der Waals surface area (Å²) in [6, 6.07) is 4.70. The van der Waals surface area contributed by atoms with Crippen LogP contribution in [0.25, 0.3) is 11.0 Å². The molecule has 1 saturated carbocycles. The minimum absolute atomic E-state index is 0.158. The zero-order valence-electron chi connectivity index (χ0n) is 9.14. The van der Waals surface area contributed by atoms with Crippen LogP contribution in [0, 0.1) is 5.92 Å². The first-order valence-electron chi connectivity index (χ1n) is 5.61. The number of carboxylic acid groups (broad SMARTS) is 1. The predicted octanol–water partition coefficient (Wildman–Crippen LogP) is 1.44. The third kappa shape index (κ3) is 1.73. The standard InChI is InChI=1S/C12H12N2O3/c15-11(16)8-3-4-9-10(5-8)14(12(17)13-9)6-7-1-2-7/h3-5,7H,1-2,6H2,(H,13,17)(H,15,16). The van der Waals surface area contributed by atoms with Crippen LogP contribution < -0.4 is 5.69 Å². The van der Waals surface area contributed by atoms with Crippen LogP contribution in [0.5, 0.6) is 0 Å². The molecule has 17 heavy (non-hydrogen) atoms. The van der Waals surface area contributed by atoms with Crippen molar-refractivity contribution in [2.24, 2.45) is 5.92 Å². The molecule has 0 unspecified atom stereocenters. The van der Waals surface area contributed by atoms with Crippen LogP contribution in [0.3, 0.4) is 0 Å². The van der Waals surface area contributed by atoms with Gasteiger partial charge in [0.1, 0.15) is 0 Å². The summed E-state index contributed by atoms with van der Waals surface area (Å²) < 4.78 is 1.64. The third-order valence-electron chi connectivity index (χ3n) is 3.16. The Morgan fingerprint density at radius 1 is 1.47 bits per heavy atom. The summed E-state index contributed by atoms with van der Waals surface area (Å²) in [6.07, 6.45) is 2.30. The topological polar surface area (TPSA) is 75.1 Å². The van der Waals surface area contributed by atoms with E-state index in [0.717, 1.165) is 12.8 Å². The van der Waals surface area contributed by atoms with Gasteiger partial charge in [-0.2, -0.15) is 0 Å². The van der Waals surface area contributed by atoms with E-state index in [-0.39, 0.29) is 11.3 Å². The van der Waals surface area contributed by atoms with Gasteiger partial charge >= 0.3 is 11.7 Å². The first-order chi connectivity index (χ1) is 8.15. The molecule has 1 aliphatic carbocycles. The molecule has 1 aromatic heterocycles. The van der Waals surface area contributed by atoms with E-state index in [1.807, 2.05) is 0 Å². The molecule has 1 aromatic carbocycles. The molecule has 5 heteroatoms. The molecule has 1 aliphatic rings. The Hall–Kier alpha value is -2.04. The fraction of sp³-hybridized carbons (Fsp3) is 0.333. The van der Waals surface area contributed by atoms with Crippen LogP contribution in [0.15, 0.2) is 23.0 Å². The lowest BCUT2D eigenvalue weighted by Gasteiger charge is -2.01. The Labute approximate surface area is 96.7 Å². The minimum atomic E-state index is -0.974. The number of imidazole rings is 1. The fourth-order valence-corrected chi connectivity index (χ4v) is 2.03. The van der Waals surface area contributed by atoms with Crippen LogP contribution >= 0.6 is 0 Å². The zero-order chi connectivity index (χ0) is 12.0. The summed E-state index contributed by atoms with van der Waals surface area (Å²) >= 11 is 0. The van der Waals surface area contributed by atoms with Crippen LogP contribution in [-0.2, 0) is 6.54 Å². The van der Waals surface area contributed by atoms with Crippen molar-refractivity contribution in [3.8, 4) is 0 Å². The van der Waals surface area contributed by atoms with Gasteiger partial charge in [-0.1, -0.05) is 0 Å². The highest BCUT2D eigenvalue weighted by molar-refractivity contribution is 5.92. The number of aromatic amines is 1. The van der Waals surface area contributed by atoms with Gasteiger partial charge < -0.3 is 10.1 Å².